The normalized spacial score (nSPS) is 9.88. The summed E-state index contributed by atoms with van der Waals surface area (Å²) in [5, 5.41) is 10.5. The molecule has 0 spiro atoms. The largest absolute Gasteiger partial charge is 0.466 e. The molecule has 1 rings (SSSR count). The van der Waals surface area contributed by atoms with E-state index in [-0.39, 0.29) is 18.1 Å². The Hall–Kier alpha value is -1.91. The van der Waals surface area contributed by atoms with E-state index in [2.05, 4.69) is 0 Å². The maximum absolute atomic E-state index is 11.2. The van der Waals surface area contributed by atoms with Crippen molar-refractivity contribution in [2.24, 2.45) is 0 Å². The van der Waals surface area contributed by atoms with Crippen LogP contribution in [0.15, 0.2) is 18.2 Å². The van der Waals surface area contributed by atoms with Gasteiger partial charge < -0.3 is 4.74 Å². The predicted molar refractivity (Wildman–Crippen MR) is 58.2 cm³/mol. The van der Waals surface area contributed by atoms with Crippen LogP contribution in [0.25, 0.3) is 0 Å². The van der Waals surface area contributed by atoms with Gasteiger partial charge in [-0.3, -0.25) is 14.9 Å². The Labute approximate surface area is 93.2 Å². The van der Waals surface area contributed by atoms with Gasteiger partial charge in [0.15, 0.2) is 0 Å². The molecule has 0 amide bonds. The molecule has 0 saturated heterocycles. The Balaban J connectivity index is 2.83. The summed E-state index contributed by atoms with van der Waals surface area (Å²) < 4.78 is 4.81. The van der Waals surface area contributed by atoms with E-state index in [0.29, 0.717) is 6.61 Å². The SMILES string of the molecule is CCOC(=O)Cc1ccc([N+](=O)[O-])cc1C. The number of nitrogens with zero attached hydrogens (tertiary/aromatic N) is 1. The average molecular weight is 223 g/mol. The number of carbonyl (C=O) groups excluding carboxylic acids is 1. The van der Waals surface area contributed by atoms with E-state index in [9.17, 15) is 14.9 Å². The van der Waals surface area contributed by atoms with E-state index in [1.165, 1.54) is 12.1 Å². The number of nitro groups is 1. The summed E-state index contributed by atoms with van der Waals surface area (Å²) >= 11 is 0. The third-order valence-corrected chi connectivity index (χ3v) is 2.18. The number of non-ortho nitro benzene ring substituents is 1. The number of hydrogen-bond donors (Lipinski definition) is 0. The number of benzene rings is 1. The van der Waals surface area contributed by atoms with E-state index in [1.54, 1.807) is 19.9 Å². The minimum atomic E-state index is -0.457. The number of aryl methyl sites for hydroxylation is 1. The van der Waals surface area contributed by atoms with Gasteiger partial charge in [-0.2, -0.15) is 0 Å². The summed E-state index contributed by atoms with van der Waals surface area (Å²) in [6.07, 6.45) is 0.150. The minimum Gasteiger partial charge on any atom is -0.466 e. The Bertz CT molecular complexity index is 414. The highest BCUT2D eigenvalue weighted by atomic mass is 16.6. The van der Waals surface area contributed by atoms with E-state index in [1.807, 2.05) is 0 Å². The van der Waals surface area contributed by atoms with E-state index < -0.39 is 4.92 Å². The zero-order chi connectivity index (χ0) is 12.1. The van der Waals surface area contributed by atoms with Crippen LogP contribution in [0.2, 0.25) is 0 Å². The maximum atomic E-state index is 11.2. The summed E-state index contributed by atoms with van der Waals surface area (Å²) in [4.78, 5) is 21.3. The number of esters is 1. The van der Waals surface area contributed by atoms with Gasteiger partial charge in [0.05, 0.1) is 18.0 Å². The first kappa shape index (κ1) is 12.2. The minimum absolute atomic E-state index is 0.0325. The number of rotatable bonds is 4. The molecular weight excluding hydrogens is 210 g/mol. The Morgan fingerprint density at radius 3 is 2.69 bits per heavy atom. The molecule has 0 atom stereocenters. The van der Waals surface area contributed by atoms with Crippen molar-refractivity contribution < 1.29 is 14.5 Å². The maximum Gasteiger partial charge on any atom is 0.310 e. The zero-order valence-electron chi connectivity index (χ0n) is 9.23. The first-order valence-electron chi connectivity index (χ1n) is 4.94. The van der Waals surface area contributed by atoms with Crippen molar-refractivity contribution in [3.63, 3.8) is 0 Å². The standard InChI is InChI=1S/C11H13NO4/c1-3-16-11(13)7-9-4-5-10(12(14)15)6-8(9)2/h4-6H,3,7H2,1-2H3. The fraction of sp³-hybridized carbons (Fsp3) is 0.364. The van der Waals surface area contributed by atoms with Gasteiger partial charge in [0.25, 0.3) is 5.69 Å². The second kappa shape index (κ2) is 5.25. The summed E-state index contributed by atoms with van der Waals surface area (Å²) in [5.41, 5.74) is 1.51. The smallest absolute Gasteiger partial charge is 0.310 e. The molecule has 0 bridgehead atoms. The van der Waals surface area contributed by atoms with Crippen LogP contribution in [0.3, 0.4) is 0 Å². The van der Waals surface area contributed by atoms with Crippen LogP contribution in [0, 0.1) is 17.0 Å². The summed E-state index contributed by atoms with van der Waals surface area (Å²) in [6, 6.07) is 4.43. The fourth-order valence-corrected chi connectivity index (χ4v) is 1.36. The Kier molecular flexibility index (Phi) is 3.99. The van der Waals surface area contributed by atoms with Crippen molar-refractivity contribution in [1.29, 1.82) is 0 Å². The summed E-state index contributed by atoms with van der Waals surface area (Å²) in [5.74, 6) is -0.320. The molecule has 1 aromatic carbocycles. The molecule has 0 radical (unpaired) electrons. The second-order valence-electron chi connectivity index (χ2n) is 3.35. The zero-order valence-corrected chi connectivity index (χ0v) is 9.23. The third-order valence-electron chi connectivity index (χ3n) is 2.18. The van der Waals surface area contributed by atoms with E-state index in [4.69, 9.17) is 4.74 Å². The molecule has 0 aliphatic rings. The lowest BCUT2D eigenvalue weighted by Gasteiger charge is -2.05. The van der Waals surface area contributed by atoms with Gasteiger partial charge in [0.1, 0.15) is 0 Å². The van der Waals surface area contributed by atoms with Crippen molar-refractivity contribution in [3.05, 3.63) is 39.4 Å². The highest BCUT2D eigenvalue weighted by Gasteiger charge is 2.11. The number of nitro benzene ring substituents is 1. The Morgan fingerprint density at radius 1 is 1.50 bits per heavy atom. The van der Waals surface area contributed by atoms with Gasteiger partial charge in [0.2, 0.25) is 0 Å². The molecule has 0 N–H and O–H groups in total. The van der Waals surface area contributed by atoms with Crippen LogP contribution in [-0.2, 0) is 16.0 Å². The molecule has 5 heteroatoms. The second-order valence-corrected chi connectivity index (χ2v) is 3.35. The summed E-state index contributed by atoms with van der Waals surface area (Å²) in [6.45, 7) is 3.81. The van der Waals surface area contributed by atoms with Crippen molar-refractivity contribution in [2.45, 2.75) is 20.3 Å². The van der Waals surface area contributed by atoms with Crippen molar-refractivity contribution >= 4 is 11.7 Å². The van der Waals surface area contributed by atoms with Gasteiger partial charge in [-0.25, -0.2) is 0 Å². The van der Waals surface area contributed by atoms with Crippen LogP contribution < -0.4 is 0 Å². The predicted octanol–water partition coefficient (Wildman–Crippen LogP) is 2.01. The number of hydrogen-bond acceptors (Lipinski definition) is 4. The quantitative estimate of drug-likeness (QED) is 0.444. The third kappa shape index (κ3) is 3.05. The molecule has 0 aliphatic heterocycles. The molecule has 0 heterocycles. The lowest BCUT2D eigenvalue weighted by atomic mass is 10.1. The molecule has 86 valence electrons. The van der Waals surface area contributed by atoms with Crippen LogP contribution in [0.1, 0.15) is 18.1 Å². The van der Waals surface area contributed by atoms with Crippen molar-refractivity contribution in [2.75, 3.05) is 6.61 Å². The lowest BCUT2D eigenvalue weighted by Crippen LogP contribution is -2.08. The van der Waals surface area contributed by atoms with Crippen LogP contribution in [0.4, 0.5) is 5.69 Å². The average Bonchev–Trinajstić information content (AvgIpc) is 2.21. The van der Waals surface area contributed by atoms with Gasteiger partial charge in [-0.1, -0.05) is 6.07 Å². The van der Waals surface area contributed by atoms with Crippen molar-refractivity contribution in [1.82, 2.24) is 0 Å². The van der Waals surface area contributed by atoms with Gasteiger partial charge in [-0.15, -0.1) is 0 Å². The van der Waals surface area contributed by atoms with E-state index in [0.717, 1.165) is 11.1 Å². The lowest BCUT2D eigenvalue weighted by molar-refractivity contribution is -0.384. The molecule has 16 heavy (non-hydrogen) atoms. The molecule has 0 aliphatic carbocycles. The van der Waals surface area contributed by atoms with Crippen LogP contribution >= 0.6 is 0 Å². The van der Waals surface area contributed by atoms with Gasteiger partial charge in [-0.05, 0) is 25.0 Å². The fourth-order valence-electron chi connectivity index (χ4n) is 1.36. The monoisotopic (exact) mass is 223 g/mol. The number of ether oxygens (including phenoxy) is 1. The molecule has 0 fully saturated rings. The van der Waals surface area contributed by atoms with Crippen molar-refractivity contribution in [3.8, 4) is 0 Å². The first-order chi connectivity index (χ1) is 7.54. The van der Waals surface area contributed by atoms with Crippen LogP contribution in [-0.4, -0.2) is 17.5 Å². The van der Waals surface area contributed by atoms with Gasteiger partial charge >= 0.3 is 5.97 Å². The topological polar surface area (TPSA) is 69.4 Å². The molecule has 0 saturated carbocycles. The molecule has 0 unspecified atom stereocenters. The first-order valence-corrected chi connectivity index (χ1v) is 4.94. The molecule has 5 nitrogen and oxygen atoms in total. The Morgan fingerprint density at radius 2 is 2.19 bits per heavy atom. The molecule has 0 aromatic heterocycles. The molecule has 1 aromatic rings. The number of carbonyl (C=O) groups is 1. The highest BCUT2D eigenvalue weighted by molar-refractivity contribution is 5.73. The van der Waals surface area contributed by atoms with Gasteiger partial charge in [0, 0.05) is 12.1 Å². The summed E-state index contributed by atoms with van der Waals surface area (Å²) in [7, 11) is 0. The van der Waals surface area contributed by atoms with E-state index >= 15 is 0 Å². The van der Waals surface area contributed by atoms with Crippen LogP contribution in [0.5, 0.6) is 0 Å². The highest BCUT2D eigenvalue weighted by Crippen LogP contribution is 2.17. The molecular formula is C11H13NO4.